The van der Waals surface area contributed by atoms with Gasteiger partial charge in [0.2, 0.25) is 11.8 Å². The van der Waals surface area contributed by atoms with Crippen molar-refractivity contribution in [2.24, 2.45) is 11.8 Å². The third kappa shape index (κ3) is 7.73. The van der Waals surface area contributed by atoms with Crippen LogP contribution in [-0.2, 0) is 30.4 Å². The number of likely N-dealkylation sites (tertiary alicyclic amines) is 2. The highest BCUT2D eigenvalue weighted by atomic mass is 16.5. The van der Waals surface area contributed by atoms with Crippen LogP contribution in [-0.4, -0.2) is 106 Å². The molecule has 5 heterocycles. The van der Waals surface area contributed by atoms with Gasteiger partial charge in [-0.15, -0.1) is 0 Å². The highest BCUT2D eigenvalue weighted by molar-refractivity contribution is 6.07. The lowest BCUT2D eigenvalue weighted by molar-refractivity contribution is -0.138. The monoisotopic (exact) mass is 834 g/mol. The molecule has 2 fully saturated rings. The number of fused-ring (bicyclic) bond motifs is 6. The fraction of sp³-hybridized carbons (Fsp3) is 0.467. The van der Waals surface area contributed by atoms with Gasteiger partial charge in [-0.3, -0.25) is 9.59 Å². The number of ether oxygens (including phenoxy) is 4. The number of carbonyl (C=O) groups excluding carboxylic acids is 4. The van der Waals surface area contributed by atoms with E-state index >= 15 is 0 Å². The molecule has 61 heavy (non-hydrogen) atoms. The highest BCUT2D eigenvalue weighted by Crippen LogP contribution is 2.44. The van der Waals surface area contributed by atoms with Gasteiger partial charge in [-0.05, 0) is 91.3 Å². The van der Waals surface area contributed by atoms with E-state index in [1.807, 2.05) is 31.7 Å². The second-order valence-electron chi connectivity index (χ2n) is 16.9. The number of alkyl carbamates (subject to hydrolysis) is 2. The SMILES string of the molecule is COC(=O)NC(C(=O)N1C[C@@H](C)CC1c1ncc(-c2ccc3c(c2)COc2cc4c(ccc5[nH]c([C@@H]6CC[C@H](C)N6C(=O)[C@@H](NC(=O)OC)C(C)C)nc54)cc2-3)[nH]1)[C@@H](C)OC. The number of imidazole rings is 2. The Balaban J connectivity index is 1.04. The average molecular weight is 835 g/mol. The number of aromatic amines is 2. The van der Waals surface area contributed by atoms with Crippen LogP contribution >= 0.6 is 0 Å². The molecule has 322 valence electrons. The minimum absolute atomic E-state index is 0.0295. The maximum Gasteiger partial charge on any atom is 0.407 e. The van der Waals surface area contributed by atoms with Crippen molar-refractivity contribution in [2.45, 2.75) is 96.8 Å². The first-order valence-corrected chi connectivity index (χ1v) is 20.9. The molecular formula is C45H54N8O8. The number of hydrogen-bond acceptors (Lipinski definition) is 10. The summed E-state index contributed by atoms with van der Waals surface area (Å²) in [7, 11) is 4.05. The highest BCUT2D eigenvalue weighted by Gasteiger charge is 2.43. The molecule has 0 radical (unpaired) electrons. The molecule has 0 aliphatic carbocycles. The number of aromatic nitrogens is 4. The fourth-order valence-corrected chi connectivity index (χ4v) is 9.20. The maximum absolute atomic E-state index is 14.0. The van der Waals surface area contributed by atoms with Crippen molar-refractivity contribution in [3.05, 3.63) is 65.9 Å². The fourth-order valence-electron chi connectivity index (χ4n) is 9.20. The van der Waals surface area contributed by atoms with Crippen LogP contribution in [0.4, 0.5) is 9.59 Å². The zero-order chi connectivity index (χ0) is 43.3. The van der Waals surface area contributed by atoms with Crippen LogP contribution in [0.25, 0.3) is 44.2 Å². The molecule has 0 saturated carbocycles. The van der Waals surface area contributed by atoms with E-state index in [0.717, 1.165) is 68.3 Å². The Morgan fingerprint density at radius 2 is 1.61 bits per heavy atom. The Bertz CT molecular complexity index is 2500. The van der Waals surface area contributed by atoms with Crippen LogP contribution in [0.2, 0.25) is 0 Å². The van der Waals surface area contributed by atoms with Crippen molar-refractivity contribution in [3.63, 3.8) is 0 Å². The van der Waals surface area contributed by atoms with Gasteiger partial charge in [-0.1, -0.05) is 39.0 Å². The Labute approximate surface area is 354 Å². The Hall–Kier alpha value is -6.16. The van der Waals surface area contributed by atoms with Gasteiger partial charge in [0.1, 0.15) is 36.1 Å². The van der Waals surface area contributed by atoms with Crippen molar-refractivity contribution in [3.8, 4) is 28.1 Å². The third-order valence-electron chi connectivity index (χ3n) is 12.6. The standard InChI is InChI=1S/C45H54N8O8/c1-22(2)37(50-44(56)59-7)43(55)53-24(4)9-14-34(53)41-47-32-13-11-26-17-31-29-12-10-27(16-28(29)21-61-36(31)18-30(26)39(32)49-41)33-19-46-40(48-33)35-15-23(3)20-52(35)42(54)38(25(5)58-6)51-45(57)60-8/h10-13,16-19,22-25,34-35,37-38H,9,14-15,20-21H2,1-8H3,(H,46,48)(H,47,49)(H,50,56)(H,51,57)/t23-,24-,25+,34-,35?,37-,38?/m0/s1. The van der Waals surface area contributed by atoms with Gasteiger partial charge in [-0.2, -0.15) is 0 Å². The van der Waals surface area contributed by atoms with Crippen LogP contribution < -0.4 is 15.4 Å². The predicted octanol–water partition coefficient (Wildman–Crippen LogP) is 6.77. The summed E-state index contributed by atoms with van der Waals surface area (Å²) in [6.07, 6.45) is 2.15. The summed E-state index contributed by atoms with van der Waals surface area (Å²) in [6, 6.07) is 12.3. The van der Waals surface area contributed by atoms with Gasteiger partial charge < -0.3 is 49.3 Å². The van der Waals surface area contributed by atoms with Crippen LogP contribution in [0.5, 0.6) is 5.75 Å². The lowest BCUT2D eigenvalue weighted by Crippen LogP contribution is -2.54. The minimum Gasteiger partial charge on any atom is -0.488 e. The number of hydrogen-bond donors (Lipinski definition) is 4. The summed E-state index contributed by atoms with van der Waals surface area (Å²) in [5.41, 5.74) is 6.50. The van der Waals surface area contributed by atoms with E-state index < -0.39 is 30.4 Å². The van der Waals surface area contributed by atoms with Crippen LogP contribution in [0.15, 0.2) is 48.7 Å². The molecule has 4 N–H and O–H groups in total. The van der Waals surface area contributed by atoms with E-state index in [1.54, 1.807) is 18.0 Å². The van der Waals surface area contributed by atoms with E-state index in [4.69, 9.17) is 28.9 Å². The molecule has 3 aliphatic heterocycles. The summed E-state index contributed by atoms with van der Waals surface area (Å²) in [5.74, 6) is 1.81. The third-order valence-corrected chi connectivity index (χ3v) is 12.6. The Kier molecular flexibility index (Phi) is 11.4. The molecule has 0 spiro atoms. The van der Waals surface area contributed by atoms with Crippen molar-refractivity contribution in [1.82, 2.24) is 40.4 Å². The predicted molar refractivity (Wildman–Crippen MR) is 227 cm³/mol. The van der Waals surface area contributed by atoms with E-state index in [9.17, 15) is 19.2 Å². The molecule has 4 amide bonds. The van der Waals surface area contributed by atoms with Crippen molar-refractivity contribution in [2.75, 3.05) is 27.9 Å². The van der Waals surface area contributed by atoms with Gasteiger partial charge in [-0.25, -0.2) is 19.6 Å². The second-order valence-corrected chi connectivity index (χ2v) is 16.9. The van der Waals surface area contributed by atoms with Gasteiger partial charge in [0.25, 0.3) is 0 Å². The molecule has 16 nitrogen and oxygen atoms in total. The summed E-state index contributed by atoms with van der Waals surface area (Å²) in [5, 5.41) is 7.33. The number of amides is 4. The number of benzene rings is 3. The molecule has 3 aliphatic rings. The first kappa shape index (κ1) is 41.6. The molecule has 5 aromatic rings. The average Bonchev–Trinajstić information content (AvgIpc) is 4.08. The van der Waals surface area contributed by atoms with Gasteiger partial charge in [0.15, 0.2) is 0 Å². The minimum atomic E-state index is -0.922. The second kappa shape index (κ2) is 16.7. The molecule has 8 rings (SSSR count). The quantitative estimate of drug-likeness (QED) is 0.117. The van der Waals surface area contributed by atoms with Gasteiger partial charge >= 0.3 is 12.2 Å². The molecule has 2 saturated heterocycles. The molecule has 16 heteroatoms. The molecule has 2 aromatic heterocycles. The summed E-state index contributed by atoms with van der Waals surface area (Å²) >= 11 is 0. The molecule has 3 aromatic carbocycles. The summed E-state index contributed by atoms with van der Waals surface area (Å²) in [6.45, 7) is 10.6. The smallest absolute Gasteiger partial charge is 0.407 e. The van der Waals surface area contributed by atoms with Crippen molar-refractivity contribution >= 4 is 45.8 Å². The number of methoxy groups -OCH3 is 3. The van der Waals surface area contributed by atoms with E-state index in [1.165, 1.54) is 21.3 Å². The number of H-pyrrole nitrogens is 2. The van der Waals surface area contributed by atoms with Crippen molar-refractivity contribution in [1.29, 1.82) is 0 Å². The van der Waals surface area contributed by atoms with Gasteiger partial charge in [0, 0.05) is 30.6 Å². The topological polar surface area (TPSA) is 193 Å². The zero-order valence-corrected chi connectivity index (χ0v) is 35.8. The van der Waals surface area contributed by atoms with Crippen LogP contribution in [0.3, 0.4) is 0 Å². The molecule has 0 bridgehead atoms. The zero-order valence-electron chi connectivity index (χ0n) is 35.8. The molecular weight excluding hydrogens is 781 g/mol. The summed E-state index contributed by atoms with van der Waals surface area (Å²) < 4.78 is 21.5. The van der Waals surface area contributed by atoms with E-state index in [0.29, 0.717) is 31.2 Å². The largest absolute Gasteiger partial charge is 0.488 e. The van der Waals surface area contributed by atoms with E-state index in [-0.39, 0.29) is 41.8 Å². The van der Waals surface area contributed by atoms with Crippen molar-refractivity contribution < 1.29 is 38.1 Å². The number of nitrogens with zero attached hydrogens (tertiary/aromatic N) is 4. The lowest BCUT2D eigenvalue weighted by Gasteiger charge is -2.32. The lowest BCUT2D eigenvalue weighted by atomic mass is 9.92. The first-order chi connectivity index (χ1) is 29.3. The maximum atomic E-state index is 14.0. The number of carbonyl (C=O) groups is 4. The van der Waals surface area contributed by atoms with Crippen LogP contribution in [0, 0.1) is 11.8 Å². The van der Waals surface area contributed by atoms with Crippen LogP contribution in [0.1, 0.15) is 83.2 Å². The molecule has 7 atom stereocenters. The summed E-state index contributed by atoms with van der Waals surface area (Å²) in [4.78, 5) is 72.6. The first-order valence-electron chi connectivity index (χ1n) is 20.9. The normalized spacial score (nSPS) is 21.1. The number of nitrogens with one attached hydrogen (secondary N) is 4. The Morgan fingerprint density at radius 1 is 0.852 bits per heavy atom. The van der Waals surface area contributed by atoms with Gasteiger partial charge in [0.05, 0.1) is 55.3 Å². The number of rotatable bonds is 10. The molecule has 2 unspecified atom stereocenters. The van der Waals surface area contributed by atoms with E-state index in [2.05, 4.69) is 63.9 Å². The Morgan fingerprint density at radius 3 is 2.33 bits per heavy atom.